The molecular formula is C30H32N2O5. The molecule has 0 aliphatic carbocycles. The number of aromatic nitrogens is 1. The van der Waals surface area contributed by atoms with Gasteiger partial charge in [0.15, 0.2) is 0 Å². The summed E-state index contributed by atoms with van der Waals surface area (Å²) in [4.78, 5) is 32.2. The van der Waals surface area contributed by atoms with Crippen molar-refractivity contribution in [2.24, 2.45) is 0 Å². The number of unbranched alkanes of at least 4 members (excludes halogenated alkanes) is 1. The predicted molar refractivity (Wildman–Crippen MR) is 141 cm³/mol. The number of carbonyl (C=O) groups excluding carboxylic acids is 2. The highest BCUT2D eigenvalue weighted by molar-refractivity contribution is 6.46. The highest BCUT2D eigenvalue weighted by Gasteiger charge is 2.46. The van der Waals surface area contributed by atoms with Gasteiger partial charge in [0.2, 0.25) is 0 Å². The molecule has 0 radical (unpaired) electrons. The summed E-state index contributed by atoms with van der Waals surface area (Å²) in [5, 5.41) is 11.3. The van der Waals surface area contributed by atoms with Crippen LogP contribution in [0.2, 0.25) is 0 Å². The van der Waals surface area contributed by atoms with Gasteiger partial charge in [0.1, 0.15) is 17.3 Å². The van der Waals surface area contributed by atoms with Crippen LogP contribution in [0.4, 0.5) is 0 Å². The van der Waals surface area contributed by atoms with E-state index in [4.69, 9.17) is 9.47 Å². The summed E-state index contributed by atoms with van der Waals surface area (Å²) >= 11 is 0. The quantitative estimate of drug-likeness (QED) is 0.158. The highest BCUT2D eigenvalue weighted by Crippen LogP contribution is 2.41. The molecule has 2 aromatic carbocycles. The number of ketones is 1. The fourth-order valence-corrected chi connectivity index (χ4v) is 4.27. The van der Waals surface area contributed by atoms with Crippen LogP contribution in [-0.2, 0) is 16.1 Å². The van der Waals surface area contributed by atoms with Crippen LogP contribution in [0.15, 0.2) is 78.6 Å². The number of pyridine rings is 1. The first-order chi connectivity index (χ1) is 18.0. The van der Waals surface area contributed by atoms with Gasteiger partial charge in [-0.05, 0) is 66.4 Å². The van der Waals surface area contributed by atoms with E-state index in [1.54, 1.807) is 42.7 Å². The number of carbonyl (C=O) groups is 2. The molecular weight excluding hydrogens is 468 g/mol. The summed E-state index contributed by atoms with van der Waals surface area (Å²) in [7, 11) is 0. The minimum Gasteiger partial charge on any atom is -0.507 e. The standard InChI is InChI=1S/C30H32N2O5/c1-3-5-17-37-25-10-6-9-23(18-25)27-26(28(33)22-11-13-24(14-12-22)36-16-4-2)29(34)30(35)32(27)20-21-8-7-15-31-19-21/h6-15,18-19,27,33H,3-5,16-17,20H2,1-2H3. The topological polar surface area (TPSA) is 89.0 Å². The van der Waals surface area contributed by atoms with Crippen molar-refractivity contribution < 1.29 is 24.2 Å². The lowest BCUT2D eigenvalue weighted by Gasteiger charge is -2.25. The largest absolute Gasteiger partial charge is 0.507 e. The van der Waals surface area contributed by atoms with Gasteiger partial charge in [0, 0.05) is 24.5 Å². The van der Waals surface area contributed by atoms with Crippen LogP contribution in [0, 0.1) is 0 Å². The van der Waals surface area contributed by atoms with Gasteiger partial charge in [-0.3, -0.25) is 14.6 Å². The van der Waals surface area contributed by atoms with Gasteiger partial charge in [-0.2, -0.15) is 0 Å². The molecule has 0 saturated carbocycles. The van der Waals surface area contributed by atoms with Crippen molar-refractivity contribution >= 4 is 17.4 Å². The molecule has 2 heterocycles. The smallest absolute Gasteiger partial charge is 0.295 e. The first-order valence-corrected chi connectivity index (χ1v) is 12.7. The molecule has 3 aromatic rings. The Morgan fingerprint density at radius 3 is 2.43 bits per heavy atom. The van der Waals surface area contributed by atoms with E-state index in [0.29, 0.717) is 35.8 Å². The van der Waals surface area contributed by atoms with Crippen molar-refractivity contribution in [3.8, 4) is 11.5 Å². The lowest BCUT2D eigenvalue weighted by molar-refractivity contribution is -0.140. The Morgan fingerprint density at radius 1 is 0.946 bits per heavy atom. The normalized spacial score (nSPS) is 16.7. The predicted octanol–water partition coefficient (Wildman–Crippen LogP) is 5.67. The summed E-state index contributed by atoms with van der Waals surface area (Å²) in [5.74, 6) is -0.304. The number of benzene rings is 2. The van der Waals surface area contributed by atoms with Gasteiger partial charge < -0.3 is 19.5 Å². The Bertz CT molecular complexity index is 1250. The summed E-state index contributed by atoms with van der Waals surface area (Å²) in [5.41, 5.74) is 1.94. The molecule has 7 nitrogen and oxygen atoms in total. The van der Waals surface area contributed by atoms with E-state index in [0.717, 1.165) is 24.8 Å². The number of rotatable bonds is 11. The maximum absolute atomic E-state index is 13.3. The fourth-order valence-electron chi connectivity index (χ4n) is 4.27. The Kier molecular flexibility index (Phi) is 8.56. The molecule has 1 saturated heterocycles. The number of ether oxygens (including phenoxy) is 2. The second-order valence-electron chi connectivity index (χ2n) is 8.94. The molecule has 0 bridgehead atoms. The Labute approximate surface area is 217 Å². The Hall–Kier alpha value is -4.13. The number of hydrogen-bond donors (Lipinski definition) is 1. The van der Waals surface area contributed by atoms with Crippen molar-refractivity contribution in [2.75, 3.05) is 13.2 Å². The zero-order valence-electron chi connectivity index (χ0n) is 21.2. The van der Waals surface area contributed by atoms with E-state index in [-0.39, 0.29) is 17.9 Å². The third kappa shape index (κ3) is 6.00. The summed E-state index contributed by atoms with van der Waals surface area (Å²) in [6, 6.07) is 17.1. The van der Waals surface area contributed by atoms with Crippen LogP contribution >= 0.6 is 0 Å². The maximum Gasteiger partial charge on any atom is 0.295 e. The van der Waals surface area contributed by atoms with Crippen molar-refractivity contribution in [1.29, 1.82) is 0 Å². The molecule has 1 amide bonds. The number of aliphatic hydroxyl groups is 1. The third-order valence-electron chi connectivity index (χ3n) is 6.16. The molecule has 1 unspecified atom stereocenters. The SMILES string of the molecule is CCCCOc1cccc(C2C(=C(O)c3ccc(OCCC)cc3)C(=O)C(=O)N2Cc2cccnc2)c1. The zero-order valence-corrected chi connectivity index (χ0v) is 21.2. The van der Waals surface area contributed by atoms with Gasteiger partial charge in [-0.1, -0.05) is 38.5 Å². The van der Waals surface area contributed by atoms with Gasteiger partial charge in [-0.15, -0.1) is 0 Å². The summed E-state index contributed by atoms with van der Waals surface area (Å²) in [6.07, 6.45) is 6.12. The van der Waals surface area contributed by atoms with Crippen LogP contribution in [0.25, 0.3) is 5.76 Å². The van der Waals surface area contributed by atoms with Crippen molar-refractivity contribution in [3.63, 3.8) is 0 Å². The fraction of sp³-hybridized carbons (Fsp3) is 0.300. The van der Waals surface area contributed by atoms with E-state index in [1.165, 1.54) is 4.90 Å². The van der Waals surface area contributed by atoms with Crippen LogP contribution in [0.3, 0.4) is 0 Å². The molecule has 37 heavy (non-hydrogen) atoms. The number of amides is 1. The molecule has 1 aliphatic heterocycles. The average molecular weight is 501 g/mol. The van der Waals surface area contributed by atoms with E-state index < -0.39 is 17.7 Å². The average Bonchev–Trinajstić information content (AvgIpc) is 3.17. The van der Waals surface area contributed by atoms with Gasteiger partial charge in [0.05, 0.1) is 24.8 Å². The number of Topliss-reactive ketones (excluding diaryl/α,β-unsaturated/α-hetero) is 1. The molecule has 1 fully saturated rings. The molecule has 0 spiro atoms. The zero-order chi connectivity index (χ0) is 26.2. The molecule has 192 valence electrons. The number of aliphatic hydroxyl groups excluding tert-OH is 1. The molecule has 4 rings (SSSR count). The lowest BCUT2D eigenvalue weighted by Crippen LogP contribution is -2.29. The van der Waals surface area contributed by atoms with E-state index in [1.807, 2.05) is 37.3 Å². The first kappa shape index (κ1) is 25.9. The minimum absolute atomic E-state index is 0.0434. The van der Waals surface area contributed by atoms with Gasteiger partial charge in [0.25, 0.3) is 11.7 Å². The van der Waals surface area contributed by atoms with Crippen LogP contribution in [-0.4, -0.2) is 39.9 Å². The lowest BCUT2D eigenvalue weighted by atomic mass is 9.95. The van der Waals surface area contributed by atoms with Crippen LogP contribution in [0.5, 0.6) is 11.5 Å². The monoisotopic (exact) mass is 500 g/mol. The highest BCUT2D eigenvalue weighted by atomic mass is 16.5. The number of nitrogens with zero attached hydrogens (tertiary/aromatic N) is 2. The number of likely N-dealkylation sites (tertiary alicyclic amines) is 1. The Balaban J connectivity index is 1.76. The van der Waals surface area contributed by atoms with Crippen molar-refractivity contribution in [2.45, 2.75) is 45.7 Å². The molecule has 1 aliphatic rings. The summed E-state index contributed by atoms with van der Waals surface area (Å²) < 4.78 is 11.5. The van der Waals surface area contributed by atoms with Gasteiger partial charge >= 0.3 is 0 Å². The maximum atomic E-state index is 13.3. The van der Waals surface area contributed by atoms with Gasteiger partial charge in [-0.25, -0.2) is 0 Å². The molecule has 7 heteroatoms. The van der Waals surface area contributed by atoms with Crippen molar-refractivity contribution in [1.82, 2.24) is 9.88 Å². The molecule has 1 N–H and O–H groups in total. The first-order valence-electron chi connectivity index (χ1n) is 12.7. The van der Waals surface area contributed by atoms with E-state index >= 15 is 0 Å². The molecule has 1 atom stereocenters. The summed E-state index contributed by atoms with van der Waals surface area (Å²) in [6.45, 7) is 5.44. The van der Waals surface area contributed by atoms with Crippen molar-refractivity contribution in [3.05, 3.63) is 95.3 Å². The Morgan fingerprint density at radius 2 is 1.73 bits per heavy atom. The van der Waals surface area contributed by atoms with E-state index in [9.17, 15) is 14.7 Å². The van der Waals surface area contributed by atoms with Crippen LogP contribution in [0.1, 0.15) is 55.8 Å². The second-order valence-corrected chi connectivity index (χ2v) is 8.94. The van der Waals surface area contributed by atoms with E-state index in [2.05, 4.69) is 11.9 Å². The third-order valence-corrected chi connectivity index (χ3v) is 6.16. The second kappa shape index (κ2) is 12.2. The molecule has 1 aromatic heterocycles. The minimum atomic E-state index is -0.786. The number of hydrogen-bond acceptors (Lipinski definition) is 6. The van der Waals surface area contributed by atoms with Crippen LogP contribution < -0.4 is 9.47 Å².